The van der Waals surface area contributed by atoms with Crippen LogP contribution in [0.5, 0.6) is 0 Å². The first-order valence-corrected chi connectivity index (χ1v) is 5.53. The van der Waals surface area contributed by atoms with Gasteiger partial charge in [0.2, 0.25) is 10.0 Å². The number of rotatable bonds is 2. The molecule has 7 heteroatoms. The molecule has 0 aromatic carbocycles. The molecule has 0 unspecified atom stereocenters. The van der Waals surface area contributed by atoms with E-state index in [9.17, 15) is 8.42 Å². The molecule has 0 radical (unpaired) electrons. The van der Waals surface area contributed by atoms with E-state index in [0.717, 1.165) is 0 Å². The number of nitrogen functional groups attached to an aromatic ring is 1. The number of aromatic amines is 1. The highest BCUT2D eigenvalue weighted by molar-refractivity contribution is 7.94. The third kappa shape index (κ3) is 1.98. The van der Waals surface area contributed by atoms with Crippen molar-refractivity contribution in [2.75, 3.05) is 10.5 Å². The number of nitrogens with zero attached hydrogens (tertiary/aromatic N) is 1. The van der Waals surface area contributed by atoms with Crippen molar-refractivity contribution in [1.82, 2.24) is 10.2 Å². The van der Waals surface area contributed by atoms with Gasteiger partial charge in [0.05, 0.1) is 16.6 Å². The van der Waals surface area contributed by atoms with Crippen LogP contribution in [0, 0.1) is 0 Å². The van der Waals surface area contributed by atoms with E-state index in [4.69, 9.17) is 5.73 Å². The maximum Gasteiger partial charge on any atom is 0.238 e. The van der Waals surface area contributed by atoms with Crippen molar-refractivity contribution in [2.24, 2.45) is 0 Å². The average molecular weight is 218 g/mol. The van der Waals surface area contributed by atoms with Crippen LogP contribution in [0.15, 0.2) is 6.20 Å². The Kier molecular flexibility index (Phi) is 2.45. The molecule has 1 aromatic rings. The minimum Gasteiger partial charge on any atom is -0.394 e. The Balaban J connectivity index is 2.96. The summed E-state index contributed by atoms with van der Waals surface area (Å²) in [5, 5.41) is 6.08. The predicted molar refractivity (Wildman–Crippen MR) is 55.3 cm³/mol. The number of H-pyrrole nitrogens is 1. The van der Waals surface area contributed by atoms with Gasteiger partial charge in [0.15, 0.2) is 5.82 Å². The lowest BCUT2D eigenvalue weighted by molar-refractivity contribution is 0.566. The third-order valence-corrected chi connectivity index (χ3v) is 3.80. The molecule has 6 nitrogen and oxygen atoms in total. The summed E-state index contributed by atoms with van der Waals surface area (Å²) >= 11 is 0. The Labute approximate surface area is 82.9 Å². The number of nitrogens with two attached hydrogens (primary N) is 1. The Morgan fingerprint density at radius 3 is 2.43 bits per heavy atom. The lowest BCUT2D eigenvalue weighted by atomic mass is 10.3. The van der Waals surface area contributed by atoms with Gasteiger partial charge in [-0.2, -0.15) is 5.10 Å². The molecule has 0 saturated heterocycles. The third-order valence-electron chi connectivity index (χ3n) is 1.71. The van der Waals surface area contributed by atoms with Gasteiger partial charge in [-0.1, -0.05) is 0 Å². The second-order valence-electron chi connectivity index (χ2n) is 3.92. The van der Waals surface area contributed by atoms with Crippen molar-refractivity contribution in [3.63, 3.8) is 0 Å². The molecule has 0 atom stereocenters. The van der Waals surface area contributed by atoms with E-state index in [1.165, 1.54) is 6.20 Å². The van der Waals surface area contributed by atoms with Crippen molar-refractivity contribution >= 4 is 21.5 Å². The van der Waals surface area contributed by atoms with Crippen molar-refractivity contribution in [2.45, 2.75) is 25.5 Å². The van der Waals surface area contributed by atoms with Crippen LogP contribution >= 0.6 is 0 Å². The smallest absolute Gasteiger partial charge is 0.238 e. The minimum atomic E-state index is -3.44. The molecule has 0 aliphatic rings. The van der Waals surface area contributed by atoms with Crippen molar-refractivity contribution in [3.05, 3.63) is 6.20 Å². The van der Waals surface area contributed by atoms with Crippen molar-refractivity contribution in [1.29, 1.82) is 0 Å². The zero-order valence-electron chi connectivity index (χ0n) is 8.33. The number of nitrogens with one attached hydrogen (secondary N) is 2. The Morgan fingerprint density at radius 2 is 2.07 bits per heavy atom. The van der Waals surface area contributed by atoms with E-state index in [-0.39, 0.29) is 11.5 Å². The van der Waals surface area contributed by atoms with Gasteiger partial charge in [-0.15, -0.1) is 0 Å². The Morgan fingerprint density at radius 1 is 1.50 bits per heavy atom. The van der Waals surface area contributed by atoms with Gasteiger partial charge in [-0.3, -0.25) is 9.82 Å². The molecule has 0 saturated carbocycles. The molecule has 0 amide bonds. The van der Waals surface area contributed by atoms with Crippen molar-refractivity contribution in [3.8, 4) is 0 Å². The van der Waals surface area contributed by atoms with Crippen LogP contribution in [-0.4, -0.2) is 23.4 Å². The van der Waals surface area contributed by atoms with Crippen LogP contribution in [-0.2, 0) is 10.0 Å². The molecule has 1 heterocycles. The summed E-state index contributed by atoms with van der Waals surface area (Å²) in [5.41, 5.74) is 5.75. The van der Waals surface area contributed by atoms with E-state index in [1.807, 2.05) is 0 Å². The highest BCUT2D eigenvalue weighted by Crippen LogP contribution is 2.21. The topological polar surface area (TPSA) is 101 Å². The van der Waals surface area contributed by atoms with Gasteiger partial charge < -0.3 is 5.73 Å². The van der Waals surface area contributed by atoms with Crippen LogP contribution in [0.2, 0.25) is 0 Å². The molecular formula is C7H14N4O2S. The van der Waals surface area contributed by atoms with E-state index in [1.54, 1.807) is 20.8 Å². The molecular weight excluding hydrogens is 204 g/mol. The standard InChI is InChI=1S/C7H14N4O2S/c1-7(2,3)14(12,13)11-6-5(8)4-9-10-6/h4H,8H2,1-3H3,(H2,9,10,11). The number of aromatic nitrogens is 2. The summed E-state index contributed by atoms with van der Waals surface area (Å²) in [6, 6.07) is 0. The van der Waals surface area contributed by atoms with Gasteiger partial charge in [0, 0.05) is 0 Å². The maximum absolute atomic E-state index is 11.7. The van der Waals surface area contributed by atoms with Crippen LogP contribution in [0.4, 0.5) is 11.5 Å². The molecule has 14 heavy (non-hydrogen) atoms. The fourth-order valence-electron chi connectivity index (χ4n) is 0.665. The second-order valence-corrected chi connectivity index (χ2v) is 6.35. The van der Waals surface area contributed by atoms with Crippen LogP contribution < -0.4 is 10.5 Å². The normalized spacial score (nSPS) is 12.8. The van der Waals surface area contributed by atoms with Gasteiger partial charge in [-0.05, 0) is 20.8 Å². The van der Waals surface area contributed by atoms with Gasteiger partial charge >= 0.3 is 0 Å². The molecule has 0 spiro atoms. The zero-order valence-corrected chi connectivity index (χ0v) is 9.14. The van der Waals surface area contributed by atoms with Crippen molar-refractivity contribution < 1.29 is 8.42 Å². The largest absolute Gasteiger partial charge is 0.394 e. The molecule has 1 aromatic heterocycles. The highest BCUT2D eigenvalue weighted by Gasteiger charge is 2.29. The van der Waals surface area contributed by atoms with Crippen LogP contribution in [0.1, 0.15) is 20.8 Å². The summed E-state index contributed by atoms with van der Waals surface area (Å²) < 4.78 is 24.8. The van der Waals surface area contributed by atoms with Gasteiger partial charge in [0.1, 0.15) is 0 Å². The molecule has 0 aliphatic heterocycles. The first-order valence-electron chi connectivity index (χ1n) is 4.05. The van der Waals surface area contributed by atoms with Crippen LogP contribution in [0.3, 0.4) is 0 Å². The predicted octanol–water partition coefficient (Wildman–Crippen LogP) is 0.532. The van der Waals surface area contributed by atoms with E-state index in [0.29, 0.717) is 0 Å². The number of sulfonamides is 1. The molecule has 4 N–H and O–H groups in total. The average Bonchev–Trinajstić information content (AvgIpc) is 2.33. The van der Waals surface area contributed by atoms with Gasteiger partial charge in [-0.25, -0.2) is 8.42 Å². The van der Waals surface area contributed by atoms with E-state index in [2.05, 4.69) is 14.9 Å². The molecule has 0 aliphatic carbocycles. The van der Waals surface area contributed by atoms with Gasteiger partial charge in [0.25, 0.3) is 0 Å². The first-order chi connectivity index (χ1) is 6.24. The quantitative estimate of drug-likeness (QED) is 0.674. The van der Waals surface area contributed by atoms with Crippen LogP contribution in [0.25, 0.3) is 0 Å². The summed E-state index contributed by atoms with van der Waals surface area (Å²) in [4.78, 5) is 0. The Hall–Kier alpha value is -1.24. The zero-order chi connectivity index (χ0) is 11.0. The minimum absolute atomic E-state index is 0.208. The lowest BCUT2D eigenvalue weighted by Gasteiger charge is -2.19. The SMILES string of the molecule is CC(C)(C)S(=O)(=O)Nc1[nH]ncc1N. The molecule has 80 valence electrons. The monoisotopic (exact) mass is 218 g/mol. The lowest BCUT2D eigenvalue weighted by Crippen LogP contribution is -2.34. The molecule has 0 fully saturated rings. The molecule has 0 bridgehead atoms. The Bertz CT molecular complexity index is 415. The number of hydrogen-bond donors (Lipinski definition) is 3. The number of hydrogen-bond acceptors (Lipinski definition) is 4. The fraction of sp³-hybridized carbons (Fsp3) is 0.571. The first kappa shape index (κ1) is 10.8. The summed E-state index contributed by atoms with van der Waals surface area (Å²) in [6.45, 7) is 4.80. The maximum atomic E-state index is 11.7. The molecule has 1 rings (SSSR count). The second kappa shape index (κ2) is 3.16. The summed E-state index contributed by atoms with van der Waals surface area (Å²) in [5.74, 6) is 0.208. The van der Waals surface area contributed by atoms with E-state index < -0.39 is 14.8 Å². The summed E-state index contributed by atoms with van der Waals surface area (Å²) in [7, 11) is -3.44. The summed E-state index contributed by atoms with van der Waals surface area (Å²) in [6.07, 6.45) is 1.35. The fourth-order valence-corrected chi connectivity index (χ4v) is 1.40. The highest BCUT2D eigenvalue weighted by atomic mass is 32.2. The number of anilines is 2. The van der Waals surface area contributed by atoms with E-state index >= 15 is 0 Å².